The van der Waals surface area contributed by atoms with Crippen molar-refractivity contribution in [3.05, 3.63) is 82.7 Å². The van der Waals surface area contributed by atoms with Gasteiger partial charge in [0.2, 0.25) is 5.89 Å². The fraction of sp³-hybridized carbons (Fsp3) is 0.269. The number of carbonyl (C=O) groups excluding carboxylic acids is 1. The first-order valence-electron chi connectivity index (χ1n) is 10.8. The number of hydrogen-bond donors (Lipinski definition) is 0. The summed E-state index contributed by atoms with van der Waals surface area (Å²) in [4.78, 5) is 12.9. The lowest BCUT2D eigenvalue weighted by Crippen LogP contribution is -2.08. The Bertz CT molecular complexity index is 1260. The molecule has 0 spiro atoms. The molecule has 2 aromatic carbocycles. The van der Waals surface area contributed by atoms with E-state index in [9.17, 15) is 4.79 Å². The summed E-state index contributed by atoms with van der Waals surface area (Å²) >= 11 is 1.27. The summed E-state index contributed by atoms with van der Waals surface area (Å²) in [5, 5.41) is 8.63. The van der Waals surface area contributed by atoms with E-state index >= 15 is 0 Å². The van der Waals surface area contributed by atoms with E-state index in [0.29, 0.717) is 11.1 Å². The molecule has 4 rings (SSSR count). The van der Waals surface area contributed by atoms with Crippen molar-refractivity contribution < 1.29 is 13.9 Å². The number of thioether (sulfide) groups is 1. The number of hydrogen-bond acceptors (Lipinski definition) is 6. The number of ketones is 1. The van der Waals surface area contributed by atoms with Gasteiger partial charge in [0.15, 0.2) is 5.78 Å². The Morgan fingerprint density at radius 2 is 1.82 bits per heavy atom. The minimum absolute atomic E-state index is 0.0550. The fourth-order valence-electron chi connectivity index (χ4n) is 3.86. The van der Waals surface area contributed by atoms with Gasteiger partial charge in [0.25, 0.3) is 5.22 Å². The Labute approximate surface area is 198 Å². The topological polar surface area (TPSA) is 70.2 Å². The zero-order valence-corrected chi connectivity index (χ0v) is 20.1. The second-order valence-corrected chi connectivity index (χ2v) is 8.86. The largest absolute Gasteiger partial charge is 0.497 e. The highest BCUT2D eigenvalue weighted by Gasteiger charge is 2.18. The van der Waals surface area contributed by atoms with Gasteiger partial charge >= 0.3 is 0 Å². The minimum atomic E-state index is 0.0550. The molecule has 2 aromatic heterocycles. The van der Waals surface area contributed by atoms with Crippen LogP contribution in [0.15, 0.2) is 64.2 Å². The maximum atomic E-state index is 12.9. The molecule has 0 aliphatic rings. The van der Waals surface area contributed by atoms with Crippen LogP contribution in [0.5, 0.6) is 5.75 Å². The lowest BCUT2D eigenvalue weighted by atomic mass is 10.1. The summed E-state index contributed by atoms with van der Waals surface area (Å²) < 4.78 is 13.2. The van der Waals surface area contributed by atoms with E-state index < -0.39 is 0 Å². The van der Waals surface area contributed by atoms with Crippen molar-refractivity contribution >= 4 is 17.5 Å². The van der Waals surface area contributed by atoms with Crippen molar-refractivity contribution in [2.45, 2.75) is 39.0 Å². The van der Waals surface area contributed by atoms with E-state index in [2.05, 4.69) is 26.9 Å². The average molecular weight is 462 g/mol. The van der Waals surface area contributed by atoms with Gasteiger partial charge in [0.05, 0.1) is 12.9 Å². The zero-order valence-electron chi connectivity index (χ0n) is 19.3. The first-order valence-corrected chi connectivity index (χ1v) is 11.8. The standard InChI is InChI=1S/C26H27N3O3S/c1-17-7-5-6-8-22(17)25-27-28-26(32-25)33-16-24(30)23-15-18(2)29(19(23)3)14-13-20-9-11-21(31-4)12-10-20/h5-12,15H,13-14,16H2,1-4H3. The van der Waals surface area contributed by atoms with E-state index in [1.807, 2.05) is 63.2 Å². The summed E-state index contributed by atoms with van der Waals surface area (Å²) in [7, 11) is 1.67. The molecule has 0 aliphatic heterocycles. The Balaban J connectivity index is 1.39. The molecule has 33 heavy (non-hydrogen) atoms. The quantitative estimate of drug-likeness (QED) is 0.236. The molecule has 0 N–H and O–H groups in total. The maximum Gasteiger partial charge on any atom is 0.277 e. The van der Waals surface area contributed by atoms with E-state index in [1.165, 1.54) is 17.3 Å². The van der Waals surface area contributed by atoms with Crippen LogP contribution in [0.3, 0.4) is 0 Å². The van der Waals surface area contributed by atoms with Crippen LogP contribution < -0.4 is 4.74 Å². The van der Waals surface area contributed by atoms with Crippen molar-refractivity contribution in [3.8, 4) is 17.2 Å². The number of benzene rings is 2. The molecule has 0 aliphatic carbocycles. The molecule has 0 radical (unpaired) electrons. The van der Waals surface area contributed by atoms with Crippen LogP contribution in [-0.4, -0.2) is 33.4 Å². The van der Waals surface area contributed by atoms with Gasteiger partial charge in [0, 0.05) is 29.1 Å². The summed E-state index contributed by atoms with van der Waals surface area (Å²) in [6, 6.07) is 17.9. The van der Waals surface area contributed by atoms with Crippen molar-refractivity contribution in [1.29, 1.82) is 0 Å². The number of ether oxygens (including phenoxy) is 1. The van der Waals surface area contributed by atoms with Crippen molar-refractivity contribution in [3.63, 3.8) is 0 Å². The molecule has 0 saturated carbocycles. The third kappa shape index (κ3) is 5.20. The highest BCUT2D eigenvalue weighted by atomic mass is 32.2. The van der Waals surface area contributed by atoms with Gasteiger partial charge in [-0.3, -0.25) is 4.79 Å². The third-order valence-corrected chi connectivity index (χ3v) is 6.58. The summed E-state index contributed by atoms with van der Waals surface area (Å²) in [5.41, 5.74) is 6.01. The van der Waals surface area contributed by atoms with E-state index in [4.69, 9.17) is 9.15 Å². The molecule has 0 fully saturated rings. The monoisotopic (exact) mass is 461 g/mol. The molecule has 2 heterocycles. The molecule has 4 aromatic rings. The Hall–Kier alpha value is -3.32. The predicted molar refractivity (Wildman–Crippen MR) is 130 cm³/mol. The lowest BCUT2D eigenvalue weighted by molar-refractivity contribution is 0.102. The van der Waals surface area contributed by atoms with Crippen LogP contribution in [0.25, 0.3) is 11.5 Å². The fourth-order valence-corrected chi connectivity index (χ4v) is 4.50. The van der Waals surface area contributed by atoms with Gasteiger partial charge < -0.3 is 13.7 Å². The van der Waals surface area contributed by atoms with Crippen LogP contribution in [0, 0.1) is 20.8 Å². The highest BCUT2D eigenvalue weighted by molar-refractivity contribution is 7.99. The lowest BCUT2D eigenvalue weighted by Gasteiger charge is -2.10. The molecule has 170 valence electrons. The minimum Gasteiger partial charge on any atom is -0.497 e. The molecule has 0 bridgehead atoms. The molecule has 6 nitrogen and oxygen atoms in total. The van der Waals surface area contributed by atoms with Crippen LogP contribution in [0.4, 0.5) is 0 Å². The van der Waals surface area contributed by atoms with Crippen LogP contribution in [0.1, 0.15) is 32.9 Å². The molecule has 0 amide bonds. The Morgan fingerprint density at radius 1 is 1.06 bits per heavy atom. The molecule has 0 atom stereocenters. The SMILES string of the molecule is COc1ccc(CCn2c(C)cc(C(=O)CSc3nnc(-c4ccccc4C)o3)c2C)cc1. The Kier molecular flexibility index (Phi) is 6.99. The van der Waals surface area contributed by atoms with Crippen molar-refractivity contribution in [1.82, 2.24) is 14.8 Å². The van der Waals surface area contributed by atoms with Crippen LogP contribution >= 0.6 is 11.8 Å². The zero-order chi connectivity index (χ0) is 23.4. The van der Waals surface area contributed by atoms with Gasteiger partial charge in [-0.25, -0.2) is 0 Å². The Morgan fingerprint density at radius 3 is 2.55 bits per heavy atom. The number of aromatic nitrogens is 3. The summed E-state index contributed by atoms with van der Waals surface area (Å²) in [6.45, 7) is 6.85. The van der Waals surface area contributed by atoms with E-state index in [0.717, 1.165) is 46.8 Å². The van der Waals surface area contributed by atoms with Gasteiger partial charge in [-0.05, 0) is 62.6 Å². The van der Waals surface area contributed by atoms with Gasteiger partial charge in [-0.2, -0.15) is 0 Å². The number of methoxy groups -OCH3 is 1. The number of nitrogens with zero attached hydrogens (tertiary/aromatic N) is 3. The maximum absolute atomic E-state index is 12.9. The van der Waals surface area contributed by atoms with Gasteiger partial charge in [-0.1, -0.05) is 42.1 Å². The molecule has 0 saturated heterocycles. The van der Waals surface area contributed by atoms with Crippen molar-refractivity contribution in [2.75, 3.05) is 12.9 Å². The third-order valence-electron chi connectivity index (χ3n) is 5.77. The van der Waals surface area contributed by atoms with Gasteiger partial charge in [0.1, 0.15) is 5.75 Å². The molecular weight excluding hydrogens is 434 g/mol. The second-order valence-electron chi connectivity index (χ2n) is 7.93. The number of rotatable bonds is 9. The first kappa shape index (κ1) is 22.9. The molecular formula is C26H27N3O3S. The second kappa shape index (κ2) is 10.1. The number of Topliss-reactive ketones (excluding diaryl/α,β-unsaturated/α-hetero) is 1. The van der Waals surface area contributed by atoms with E-state index in [1.54, 1.807) is 7.11 Å². The van der Waals surface area contributed by atoms with Crippen molar-refractivity contribution in [2.24, 2.45) is 0 Å². The highest BCUT2D eigenvalue weighted by Crippen LogP contribution is 2.27. The summed E-state index contributed by atoms with van der Waals surface area (Å²) in [6.07, 6.45) is 0.881. The smallest absolute Gasteiger partial charge is 0.277 e. The summed E-state index contributed by atoms with van der Waals surface area (Å²) in [5.74, 6) is 1.63. The number of carbonyl (C=O) groups is 1. The predicted octanol–water partition coefficient (Wildman–Crippen LogP) is 5.69. The van der Waals surface area contributed by atoms with E-state index in [-0.39, 0.29) is 11.5 Å². The van der Waals surface area contributed by atoms with Crippen LogP contribution in [-0.2, 0) is 13.0 Å². The van der Waals surface area contributed by atoms with Crippen LogP contribution in [0.2, 0.25) is 0 Å². The number of aryl methyl sites for hydroxylation is 3. The van der Waals surface area contributed by atoms with Gasteiger partial charge in [-0.15, -0.1) is 10.2 Å². The first-order chi connectivity index (χ1) is 16.0. The molecule has 0 unspecified atom stereocenters. The molecule has 7 heteroatoms. The normalized spacial score (nSPS) is 11.0. The average Bonchev–Trinajstić information content (AvgIpc) is 3.41.